The van der Waals surface area contributed by atoms with E-state index in [9.17, 15) is 9.90 Å². The topological polar surface area (TPSA) is 99.6 Å². The van der Waals surface area contributed by atoms with E-state index in [0.29, 0.717) is 23.8 Å². The summed E-state index contributed by atoms with van der Waals surface area (Å²) in [5, 5.41) is 15.2. The molecule has 7 heteroatoms. The molecule has 4 aromatic rings. The molecule has 0 atom stereocenters. The molecule has 0 saturated carbocycles. The van der Waals surface area contributed by atoms with Gasteiger partial charge in [0.1, 0.15) is 18.1 Å². The number of carboxylic acids is 1. The lowest BCUT2D eigenvalue weighted by Crippen LogP contribution is -2.14. The summed E-state index contributed by atoms with van der Waals surface area (Å²) >= 11 is 0. The summed E-state index contributed by atoms with van der Waals surface area (Å²) in [4.78, 5) is 11.3. The van der Waals surface area contributed by atoms with Crippen molar-refractivity contribution >= 4 is 16.9 Å². The minimum Gasteiger partial charge on any atom is -0.487 e. The largest absolute Gasteiger partial charge is 0.487 e. The molecule has 0 bridgehead atoms. The second-order valence-electron chi connectivity index (χ2n) is 10.2. The van der Waals surface area contributed by atoms with Gasteiger partial charge in [-0.25, -0.2) is 0 Å². The Morgan fingerprint density at radius 2 is 1.89 bits per heavy atom. The summed E-state index contributed by atoms with van der Waals surface area (Å²) in [6, 6.07) is 20.6. The Morgan fingerprint density at radius 1 is 1.11 bits per heavy atom. The van der Waals surface area contributed by atoms with E-state index in [2.05, 4.69) is 50.2 Å². The summed E-state index contributed by atoms with van der Waals surface area (Å²) in [5.41, 5.74) is 13.3. The first kappa shape index (κ1) is 25.9. The van der Waals surface area contributed by atoms with Crippen molar-refractivity contribution in [3.05, 3.63) is 83.0 Å². The molecule has 0 unspecified atom stereocenters. The molecule has 1 aliphatic rings. The van der Waals surface area contributed by atoms with Crippen LogP contribution in [0.4, 0.5) is 0 Å². The van der Waals surface area contributed by atoms with Crippen LogP contribution >= 0.6 is 0 Å². The van der Waals surface area contributed by atoms with E-state index in [-0.39, 0.29) is 19.1 Å². The SMILES string of the molecule is CC(C)n1nc(COc2ccccc2CC(=O)O)c2cc(-c3cc(CN)cc(C4CCOCC4)c3)ccc21. The van der Waals surface area contributed by atoms with Gasteiger partial charge < -0.3 is 20.3 Å². The fourth-order valence-corrected chi connectivity index (χ4v) is 5.25. The fraction of sp³-hybridized carbons (Fsp3) is 0.355. The van der Waals surface area contributed by atoms with Gasteiger partial charge in [0.2, 0.25) is 0 Å². The van der Waals surface area contributed by atoms with E-state index in [1.807, 2.05) is 22.9 Å². The quantitative estimate of drug-likeness (QED) is 0.292. The first-order chi connectivity index (χ1) is 18.4. The molecule has 1 fully saturated rings. The highest BCUT2D eigenvalue weighted by Crippen LogP contribution is 2.34. The van der Waals surface area contributed by atoms with E-state index >= 15 is 0 Å². The number of fused-ring (bicyclic) bond motifs is 1. The molecule has 1 saturated heterocycles. The van der Waals surface area contributed by atoms with Crippen LogP contribution in [0.5, 0.6) is 5.75 Å². The molecule has 38 heavy (non-hydrogen) atoms. The third kappa shape index (κ3) is 5.59. The Hall–Kier alpha value is -3.68. The standard InChI is InChI=1S/C31H35N3O4/c1-20(2)34-29-8-7-23(26-14-21(18-32)13-25(15-26)22-9-11-37-12-10-22)16-27(29)28(33-34)19-38-30-6-4-3-5-24(30)17-31(35)36/h3-8,13-16,20,22H,9-12,17-19,32H2,1-2H3,(H,35,36). The van der Waals surface area contributed by atoms with Gasteiger partial charge >= 0.3 is 5.97 Å². The van der Waals surface area contributed by atoms with Crippen molar-refractivity contribution in [2.75, 3.05) is 13.2 Å². The van der Waals surface area contributed by atoms with Crippen LogP contribution in [0, 0.1) is 0 Å². The number of para-hydroxylation sites is 1. The zero-order chi connectivity index (χ0) is 26.6. The summed E-state index contributed by atoms with van der Waals surface area (Å²) in [5.74, 6) is 0.159. The number of rotatable bonds is 9. The van der Waals surface area contributed by atoms with E-state index in [1.54, 1.807) is 6.07 Å². The molecule has 0 amide bonds. The summed E-state index contributed by atoms with van der Waals surface area (Å²) in [6.07, 6.45) is 1.96. The van der Waals surface area contributed by atoms with Crippen molar-refractivity contribution in [2.45, 2.75) is 58.2 Å². The molecule has 0 radical (unpaired) electrons. The highest BCUT2D eigenvalue weighted by molar-refractivity contribution is 5.87. The second-order valence-corrected chi connectivity index (χ2v) is 10.2. The molecule has 2 heterocycles. The van der Waals surface area contributed by atoms with Crippen molar-refractivity contribution in [2.24, 2.45) is 5.73 Å². The average Bonchev–Trinajstić information content (AvgIpc) is 3.30. The molecule has 0 aliphatic carbocycles. The number of hydrogen-bond acceptors (Lipinski definition) is 5. The lowest BCUT2D eigenvalue weighted by molar-refractivity contribution is -0.136. The zero-order valence-corrected chi connectivity index (χ0v) is 22.0. The molecule has 0 spiro atoms. The first-order valence-electron chi connectivity index (χ1n) is 13.3. The smallest absolute Gasteiger partial charge is 0.307 e. The number of ether oxygens (including phenoxy) is 2. The van der Waals surface area contributed by atoms with Crippen LogP contribution in [0.2, 0.25) is 0 Å². The minimum absolute atomic E-state index is 0.0888. The molecular formula is C31H35N3O4. The average molecular weight is 514 g/mol. The lowest BCUT2D eigenvalue weighted by Gasteiger charge is -2.23. The van der Waals surface area contributed by atoms with Crippen molar-refractivity contribution in [3.8, 4) is 16.9 Å². The third-order valence-electron chi connectivity index (χ3n) is 7.23. The Balaban J connectivity index is 1.51. The van der Waals surface area contributed by atoms with Gasteiger partial charge in [-0.05, 0) is 79.1 Å². The normalized spacial score (nSPS) is 14.3. The zero-order valence-electron chi connectivity index (χ0n) is 22.0. The molecule has 3 N–H and O–H groups in total. The van der Waals surface area contributed by atoms with Crippen molar-refractivity contribution in [1.29, 1.82) is 0 Å². The van der Waals surface area contributed by atoms with Crippen LogP contribution in [0.15, 0.2) is 60.7 Å². The molecule has 198 valence electrons. The Kier molecular flexibility index (Phi) is 7.77. The summed E-state index contributed by atoms with van der Waals surface area (Å²) < 4.78 is 13.7. The number of carboxylic acid groups (broad SMARTS) is 1. The maximum atomic E-state index is 11.3. The van der Waals surface area contributed by atoms with Crippen LogP contribution in [0.3, 0.4) is 0 Å². The van der Waals surface area contributed by atoms with Crippen molar-refractivity contribution < 1.29 is 19.4 Å². The maximum absolute atomic E-state index is 11.3. The van der Waals surface area contributed by atoms with Crippen LogP contribution in [-0.2, 0) is 29.1 Å². The Bertz CT molecular complexity index is 1440. The highest BCUT2D eigenvalue weighted by atomic mass is 16.5. The minimum atomic E-state index is -0.889. The van der Waals surface area contributed by atoms with Crippen molar-refractivity contribution in [1.82, 2.24) is 9.78 Å². The number of hydrogen-bond donors (Lipinski definition) is 2. The van der Waals surface area contributed by atoms with E-state index in [1.165, 1.54) is 5.56 Å². The van der Waals surface area contributed by atoms with Crippen LogP contribution in [-0.4, -0.2) is 34.1 Å². The highest BCUT2D eigenvalue weighted by Gasteiger charge is 2.19. The lowest BCUT2D eigenvalue weighted by atomic mass is 9.88. The number of nitrogens with zero attached hydrogens (tertiary/aromatic N) is 2. The van der Waals surface area contributed by atoms with E-state index in [4.69, 9.17) is 20.3 Å². The number of benzene rings is 3. The Labute approximate surface area is 223 Å². The van der Waals surface area contributed by atoms with Gasteiger partial charge in [0.15, 0.2) is 0 Å². The molecule has 7 nitrogen and oxygen atoms in total. The maximum Gasteiger partial charge on any atom is 0.307 e. The molecular weight excluding hydrogens is 478 g/mol. The Morgan fingerprint density at radius 3 is 2.63 bits per heavy atom. The van der Waals surface area contributed by atoms with Gasteiger partial charge in [0.25, 0.3) is 0 Å². The molecule has 1 aliphatic heterocycles. The first-order valence-corrected chi connectivity index (χ1v) is 13.3. The number of nitrogens with two attached hydrogens (primary N) is 1. The van der Waals surface area contributed by atoms with Crippen LogP contribution < -0.4 is 10.5 Å². The van der Waals surface area contributed by atoms with Crippen LogP contribution in [0.25, 0.3) is 22.0 Å². The van der Waals surface area contributed by atoms with Gasteiger partial charge in [-0.2, -0.15) is 5.10 Å². The number of aromatic nitrogens is 2. The predicted octanol–water partition coefficient (Wildman–Crippen LogP) is 5.84. The second kappa shape index (κ2) is 11.4. The van der Waals surface area contributed by atoms with Gasteiger partial charge in [-0.3, -0.25) is 9.48 Å². The van der Waals surface area contributed by atoms with Crippen molar-refractivity contribution in [3.63, 3.8) is 0 Å². The van der Waals surface area contributed by atoms with Gasteiger partial charge in [-0.1, -0.05) is 36.4 Å². The fourth-order valence-electron chi connectivity index (χ4n) is 5.25. The van der Waals surface area contributed by atoms with Crippen LogP contribution in [0.1, 0.15) is 61.0 Å². The monoisotopic (exact) mass is 513 g/mol. The molecule has 5 rings (SSSR count). The summed E-state index contributed by atoms with van der Waals surface area (Å²) in [6.45, 7) is 6.55. The van der Waals surface area contributed by atoms with Gasteiger partial charge in [0, 0.05) is 36.8 Å². The number of aliphatic carboxylic acids is 1. The van der Waals surface area contributed by atoms with E-state index in [0.717, 1.165) is 59.3 Å². The number of carbonyl (C=O) groups is 1. The van der Waals surface area contributed by atoms with E-state index < -0.39 is 5.97 Å². The molecule has 1 aromatic heterocycles. The summed E-state index contributed by atoms with van der Waals surface area (Å²) in [7, 11) is 0. The predicted molar refractivity (Wildman–Crippen MR) is 148 cm³/mol. The molecule has 3 aromatic carbocycles. The van der Waals surface area contributed by atoms with Gasteiger partial charge in [0.05, 0.1) is 11.9 Å². The third-order valence-corrected chi connectivity index (χ3v) is 7.23. The van der Waals surface area contributed by atoms with Gasteiger partial charge in [-0.15, -0.1) is 0 Å².